The third kappa shape index (κ3) is 3.92. The second-order valence-corrected chi connectivity index (χ2v) is 5.98. The quantitative estimate of drug-likeness (QED) is 0.846. The molecule has 1 N–H and O–H groups in total. The number of hydrogen-bond acceptors (Lipinski definition) is 2. The first-order chi connectivity index (χ1) is 9.58. The van der Waals surface area contributed by atoms with Crippen LogP contribution in [0.5, 0.6) is 0 Å². The van der Waals surface area contributed by atoms with Gasteiger partial charge >= 0.3 is 0 Å². The minimum absolute atomic E-state index is 0.151. The molecule has 0 spiro atoms. The Morgan fingerprint density at radius 3 is 2.40 bits per heavy atom. The Morgan fingerprint density at radius 1 is 1.10 bits per heavy atom. The van der Waals surface area contributed by atoms with Gasteiger partial charge in [-0.15, -0.1) is 0 Å². The van der Waals surface area contributed by atoms with E-state index in [0.29, 0.717) is 11.3 Å². The van der Waals surface area contributed by atoms with Gasteiger partial charge in [0.05, 0.1) is 17.7 Å². The third-order valence-electron chi connectivity index (χ3n) is 2.65. The summed E-state index contributed by atoms with van der Waals surface area (Å²) in [6.07, 6.45) is 0.269. The zero-order valence-electron chi connectivity index (χ0n) is 10.4. The molecule has 0 atom stereocenters. The van der Waals surface area contributed by atoms with Crippen molar-refractivity contribution in [3.8, 4) is 6.07 Å². The van der Waals surface area contributed by atoms with Crippen molar-refractivity contribution in [2.24, 2.45) is 0 Å². The average Bonchev–Trinajstić information content (AvgIpc) is 2.41. The number of carbonyl (C=O) groups excluding carboxylic acids is 1. The number of nitrogens with one attached hydrogen (secondary N) is 1. The van der Waals surface area contributed by atoms with Crippen LogP contribution in [-0.4, -0.2) is 5.91 Å². The van der Waals surface area contributed by atoms with Crippen molar-refractivity contribution in [2.45, 2.75) is 6.42 Å². The lowest BCUT2D eigenvalue weighted by molar-refractivity contribution is -0.115. The number of anilines is 1. The molecule has 100 valence electrons. The standard InChI is InChI=1S/C15H10Br2N2O/c16-12-4-1-10(2-5-12)7-15(20)19-14-8-13(17)6-3-11(14)9-18/h1-6,8H,7H2,(H,19,20). The van der Waals surface area contributed by atoms with E-state index < -0.39 is 0 Å². The molecule has 2 aromatic rings. The van der Waals surface area contributed by atoms with E-state index in [9.17, 15) is 4.79 Å². The van der Waals surface area contributed by atoms with Crippen molar-refractivity contribution in [3.05, 3.63) is 62.5 Å². The molecule has 2 aromatic carbocycles. The summed E-state index contributed by atoms with van der Waals surface area (Å²) in [6, 6.07) is 14.8. The molecule has 0 bridgehead atoms. The largest absolute Gasteiger partial charge is 0.325 e. The number of carbonyl (C=O) groups is 1. The van der Waals surface area contributed by atoms with E-state index in [4.69, 9.17) is 5.26 Å². The molecular formula is C15H10Br2N2O. The minimum Gasteiger partial charge on any atom is -0.325 e. The molecule has 0 fully saturated rings. The summed E-state index contributed by atoms with van der Waals surface area (Å²) in [4.78, 5) is 12.0. The van der Waals surface area contributed by atoms with E-state index in [1.165, 1.54) is 0 Å². The van der Waals surface area contributed by atoms with E-state index >= 15 is 0 Å². The first-order valence-corrected chi connectivity index (χ1v) is 7.41. The van der Waals surface area contributed by atoms with Crippen LogP contribution in [0.3, 0.4) is 0 Å². The number of nitrogens with zero attached hydrogens (tertiary/aromatic N) is 1. The molecule has 5 heteroatoms. The molecule has 3 nitrogen and oxygen atoms in total. The van der Waals surface area contributed by atoms with Gasteiger partial charge in [-0.2, -0.15) is 5.26 Å². The molecule has 0 radical (unpaired) electrons. The second-order valence-electron chi connectivity index (χ2n) is 4.15. The van der Waals surface area contributed by atoms with Crippen LogP contribution in [0.4, 0.5) is 5.69 Å². The van der Waals surface area contributed by atoms with Gasteiger partial charge in [0.2, 0.25) is 5.91 Å². The highest BCUT2D eigenvalue weighted by molar-refractivity contribution is 9.10. The number of amides is 1. The highest BCUT2D eigenvalue weighted by Gasteiger charge is 2.08. The fourth-order valence-corrected chi connectivity index (χ4v) is 2.32. The number of benzene rings is 2. The number of hydrogen-bond donors (Lipinski definition) is 1. The smallest absolute Gasteiger partial charge is 0.228 e. The van der Waals surface area contributed by atoms with E-state index in [2.05, 4.69) is 43.2 Å². The van der Waals surface area contributed by atoms with Gasteiger partial charge in [0.15, 0.2) is 0 Å². The van der Waals surface area contributed by atoms with E-state index in [1.54, 1.807) is 18.2 Å². The van der Waals surface area contributed by atoms with Gasteiger partial charge in [-0.3, -0.25) is 4.79 Å². The van der Waals surface area contributed by atoms with Crippen LogP contribution in [-0.2, 0) is 11.2 Å². The predicted octanol–water partition coefficient (Wildman–Crippen LogP) is 4.26. The molecule has 20 heavy (non-hydrogen) atoms. The van der Waals surface area contributed by atoms with Crippen LogP contribution < -0.4 is 5.32 Å². The number of nitriles is 1. The molecule has 0 aliphatic heterocycles. The van der Waals surface area contributed by atoms with Crippen molar-refractivity contribution in [3.63, 3.8) is 0 Å². The molecule has 0 aromatic heterocycles. The van der Waals surface area contributed by atoms with Crippen LogP contribution >= 0.6 is 31.9 Å². The van der Waals surface area contributed by atoms with Crippen molar-refractivity contribution < 1.29 is 4.79 Å². The Hall–Kier alpha value is -1.64. The van der Waals surface area contributed by atoms with Crippen molar-refractivity contribution in [2.75, 3.05) is 5.32 Å². The highest BCUT2D eigenvalue weighted by atomic mass is 79.9. The van der Waals surface area contributed by atoms with Gasteiger partial charge in [0, 0.05) is 8.95 Å². The molecule has 0 aliphatic carbocycles. The van der Waals surface area contributed by atoms with Gasteiger partial charge in [0.1, 0.15) is 6.07 Å². The fourth-order valence-electron chi connectivity index (χ4n) is 1.70. The van der Waals surface area contributed by atoms with Crippen LogP contribution in [0.2, 0.25) is 0 Å². The molecule has 0 aliphatic rings. The van der Waals surface area contributed by atoms with Crippen molar-refractivity contribution in [1.29, 1.82) is 5.26 Å². The van der Waals surface area contributed by atoms with Crippen LogP contribution in [0.1, 0.15) is 11.1 Å². The van der Waals surface area contributed by atoms with Gasteiger partial charge in [-0.1, -0.05) is 44.0 Å². The molecule has 0 saturated heterocycles. The first-order valence-electron chi connectivity index (χ1n) is 5.82. The second kappa shape index (κ2) is 6.69. The number of halogens is 2. The SMILES string of the molecule is N#Cc1ccc(Br)cc1NC(=O)Cc1ccc(Br)cc1. The summed E-state index contributed by atoms with van der Waals surface area (Å²) in [7, 11) is 0. The maximum atomic E-state index is 12.0. The summed E-state index contributed by atoms with van der Waals surface area (Å²) in [5.41, 5.74) is 1.88. The highest BCUT2D eigenvalue weighted by Crippen LogP contribution is 2.21. The summed E-state index contributed by atoms with van der Waals surface area (Å²) in [6.45, 7) is 0. The van der Waals surface area contributed by atoms with Crippen molar-refractivity contribution >= 4 is 43.5 Å². The van der Waals surface area contributed by atoms with E-state index in [1.807, 2.05) is 24.3 Å². The topological polar surface area (TPSA) is 52.9 Å². The number of rotatable bonds is 3. The Kier molecular flexibility index (Phi) is 4.94. The maximum Gasteiger partial charge on any atom is 0.228 e. The lowest BCUT2D eigenvalue weighted by Gasteiger charge is -2.07. The Balaban J connectivity index is 2.10. The summed E-state index contributed by atoms with van der Waals surface area (Å²) in [5, 5.41) is 11.8. The summed E-state index contributed by atoms with van der Waals surface area (Å²) < 4.78 is 1.79. The van der Waals surface area contributed by atoms with Gasteiger partial charge < -0.3 is 5.32 Å². The van der Waals surface area contributed by atoms with Crippen molar-refractivity contribution in [1.82, 2.24) is 0 Å². The molecular weight excluding hydrogens is 384 g/mol. The molecule has 2 rings (SSSR count). The van der Waals surface area contributed by atoms with Gasteiger partial charge in [-0.25, -0.2) is 0 Å². The Morgan fingerprint density at radius 2 is 1.75 bits per heavy atom. The average molecular weight is 394 g/mol. The first kappa shape index (κ1) is 14.8. The van der Waals surface area contributed by atoms with Crippen LogP contribution in [0.25, 0.3) is 0 Å². The lowest BCUT2D eigenvalue weighted by atomic mass is 10.1. The van der Waals surface area contributed by atoms with Gasteiger partial charge in [-0.05, 0) is 35.9 Å². The fraction of sp³-hybridized carbons (Fsp3) is 0.0667. The Bertz CT molecular complexity index is 675. The lowest BCUT2D eigenvalue weighted by Crippen LogP contribution is -2.15. The van der Waals surface area contributed by atoms with Crippen LogP contribution in [0, 0.1) is 11.3 Å². The summed E-state index contributed by atoms with van der Waals surface area (Å²) >= 11 is 6.67. The van der Waals surface area contributed by atoms with Crippen LogP contribution in [0.15, 0.2) is 51.4 Å². The molecule has 0 heterocycles. The Labute approximate surface area is 133 Å². The molecule has 0 unspecified atom stereocenters. The molecule has 0 saturated carbocycles. The zero-order valence-corrected chi connectivity index (χ0v) is 13.5. The minimum atomic E-state index is -0.151. The monoisotopic (exact) mass is 392 g/mol. The summed E-state index contributed by atoms with van der Waals surface area (Å²) in [5.74, 6) is -0.151. The molecule has 1 amide bonds. The van der Waals surface area contributed by atoms with E-state index in [-0.39, 0.29) is 12.3 Å². The zero-order chi connectivity index (χ0) is 14.5. The van der Waals surface area contributed by atoms with Gasteiger partial charge in [0.25, 0.3) is 0 Å². The van der Waals surface area contributed by atoms with E-state index in [0.717, 1.165) is 14.5 Å². The normalized spacial score (nSPS) is 9.85. The maximum absolute atomic E-state index is 12.0. The third-order valence-corrected chi connectivity index (χ3v) is 3.68. The predicted molar refractivity (Wildman–Crippen MR) is 85.3 cm³/mol.